The molecular weight excluding hydrogens is 196 g/mol. The van der Waals surface area contributed by atoms with Gasteiger partial charge in [-0.3, -0.25) is 11.3 Å². The molecule has 0 unspecified atom stereocenters. The van der Waals surface area contributed by atoms with Crippen molar-refractivity contribution in [1.82, 2.24) is 4.98 Å². The van der Waals surface area contributed by atoms with Crippen LogP contribution in [0.25, 0.3) is 10.2 Å². The van der Waals surface area contributed by atoms with Crippen LogP contribution in [0, 0.1) is 5.51 Å². The van der Waals surface area contributed by atoms with E-state index in [-0.39, 0.29) is 19.5 Å². The maximum atomic E-state index is 4.01. The Kier molecular flexibility index (Phi) is 2.52. The summed E-state index contributed by atoms with van der Waals surface area (Å²) in [5, 5.41) is 0. The first-order valence-electron chi connectivity index (χ1n) is 2.68. The minimum absolute atomic E-state index is 0. The molecule has 2 rings (SSSR count). The fourth-order valence-corrected chi connectivity index (χ4v) is 1.36. The Hall–Kier alpha value is -0.267. The Morgan fingerprint density at radius 3 is 2.90 bits per heavy atom. The molecule has 0 aliphatic heterocycles. The zero-order valence-corrected chi connectivity index (χ0v) is 9.16. The minimum Gasteiger partial charge on any atom is -0.386 e. The van der Waals surface area contributed by atoms with E-state index in [1.54, 1.807) is 11.3 Å². The molecule has 0 aliphatic rings. The van der Waals surface area contributed by atoms with Gasteiger partial charge in [-0.15, -0.1) is 16.8 Å². The van der Waals surface area contributed by atoms with Gasteiger partial charge in [0.1, 0.15) is 0 Å². The molecule has 0 fully saturated rings. The van der Waals surface area contributed by atoms with E-state index in [4.69, 9.17) is 0 Å². The second-order valence-corrected chi connectivity index (χ2v) is 2.60. The second kappa shape index (κ2) is 3.22. The first-order valence-corrected chi connectivity index (χ1v) is 3.50. The van der Waals surface area contributed by atoms with Crippen molar-refractivity contribution in [1.29, 1.82) is 0 Å². The fourth-order valence-electron chi connectivity index (χ4n) is 0.757. The first kappa shape index (κ1) is 7.84. The van der Waals surface area contributed by atoms with Gasteiger partial charge in [0.2, 0.25) is 0 Å². The molecular formula is C7H4NSZn-. The molecule has 3 heteroatoms. The van der Waals surface area contributed by atoms with Crippen molar-refractivity contribution < 1.29 is 19.5 Å². The van der Waals surface area contributed by atoms with Crippen LogP contribution in [0.3, 0.4) is 0 Å². The average molecular weight is 200 g/mol. The number of benzene rings is 1. The van der Waals surface area contributed by atoms with Crippen LogP contribution in [-0.4, -0.2) is 4.98 Å². The van der Waals surface area contributed by atoms with Crippen molar-refractivity contribution in [2.45, 2.75) is 0 Å². The number of nitrogens with zero attached hydrogens (tertiary/aromatic N) is 1. The third kappa shape index (κ3) is 1.25. The van der Waals surface area contributed by atoms with Crippen molar-refractivity contribution >= 4 is 21.6 Å². The van der Waals surface area contributed by atoms with E-state index in [1.807, 2.05) is 24.3 Å². The Bertz CT molecular complexity index is 288. The van der Waals surface area contributed by atoms with Crippen LogP contribution >= 0.6 is 11.3 Å². The summed E-state index contributed by atoms with van der Waals surface area (Å²) in [5.41, 5.74) is 3.87. The van der Waals surface area contributed by atoms with Gasteiger partial charge < -0.3 is 4.98 Å². The summed E-state index contributed by atoms with van der Waals surface area (Å²) in [7, 11) is 0. The fraction of sp³-hybridized carbons (Fsp3) is 0. The van der Waals surface area contributed by atoms with E-state index in [9.17, 15) is 0 Å². The summed E-state index contributed by atoms with van der Waals surface area (Å²) in [4.78, 5) is 4.01. The Morgan fingerprint density at radius 2 is 2.10 bits per heavy atom. The number of hydrogen-bond acceptors (Lipinski definition) is 2. The Balaban J connectivity index is 0.000000500. The minimum atomic E-state index is 0. The summed E-state index contributed by atoms with van der Waals surface area (Å²) in [6.45, 7) is 0. The van der Waals surface area contributed by atoms with Crippen molar-refractivity contribution in [2.24, 2.45) is 0 Å². The van der Waals surface area contributed by atoms with Crippen molar-refractivity contribution in [3.63, 3.8) is 0 Å². The molecule has 0 aliphatic carbocycles. The quantitative estimate of drug-likeness (QED) is 0.468. The first-order chi connectivity index (χ1) is 4.47. The maximum Gasteiger partial charge on any atom is 0 e. The smallest absolute Gasteiger partial charge is 0 e. The summed E-state index contributed by atoms with van der Waals surface area (Å²) in [6.07, 6.45) is 0. The predicted octanol–water partition coefficient (Wildman–Crippen LogP) is 2.09. The van der Waals surface area contributed by atoms with Gasteiger partial charge in [0.05, 0.1) is 0 Å². The Morgan fingerprint density at radius 1 is 1.30 bits per heavy atom. The Labute approximate surface area is 75.9 Å². The predicted molar refractivity (Wildman–Crippen MR) is 38.5 cm³/mol. The van der Waals surface area contributed by atoms with Gasteiger partial charge in [-0.1, -0.05) is 17.6 Å². The van der Waals surface area contributed by atoms with Crippen molar-refractivity contribution in [2.75, 3.05) is 0 Å². The van der Waals surface area contributed by atoms with Crippen LogP contribution < -0.4 is 0 Å². The monoisotopic (exact) mass is 198 g/mol. The molecule has 1 aromatic heterocycles. The van der Waals surface area contributed by atoms with E-state index in [0.717, 1.165) is 5.52 Å². The number of fused-ring (bicyclic) bond motifs is 1. The summed E-state index contributed by atoms with van der Waals surface area (Å²) in [6, 6.07) is 8.02. The molecule has 0 saturated carbocycles. The van der Waals surface area contributed by atoms with Crippen LogP contribution in [0.15, 0.2) is 24.3 Å². The molecule has 0 bridgehead atoms. The topological polar surface area (TPSA) is 12.9 Å². The van der Waals surface area contributed by atoms with Gasteiger partial charge >= 0.3 is 0 Å². The molecule has 0 saturated heterocycles. The van der Waals surface area contributed by atoms with Crippen LogP contribution in [0.4, 0.5) is 0 Å². The SMILES string of the molecule is [Zn].[c-]1nc2ccccc2s1. The van der Waals surface area contributed by atoms with Gasteiger partial charge in [-0.25, -0.2) is 0 Å². The molecule has 1 heterocycles. The van der Waals surface area contributed by atoms with Crippen molar-refractivity contribution in [3.8, 4) is 0 Å². The molecule has 0 spiro atoms. The van der Waals surface area contributed by atoms with Gasteiger partial charge in [-0.2, -0.15) is 0 Å². The largest absolute Gasteiger partial charge is 0.386 e. The molecule has 0 N–H and O–H groups in total. The van der Waals surface area contributed by atoms with Gasteiger partial charge in [0.25, 0.3) is 0 Å². The van der Waals surface area contributed by atoms with E-state index in [0.29, 0.717) is 0 Å². The van der Waals surface area contributed by atoms with E-state index in [2.05, 4.69) is 10.5 Å². The molecule has 1 nitrogen and oxygen atoms in total. The third-order valence-corrected chi connectivity index (χ3v) is 1.93. The molecule has 2 aromatic rings. The second-order valence-electron chi connectivity index (χ2n) is 1.77. The van der Waals surface area contributed by atoms with Crippen LogP contribution in [0.2, 0.25) is 0 Å². The van der Waals surface area contributed by atoms with Gasteiger partial charge in [0, 0.05) is 19.5 Å². The van der Waals surface area contributed by atoms with Crippen LogP contribution in [-0.2, 0) is 19.5 Å². The molecule has 0 radical (unpaired) electrons. The average Bonchev–Trinajstić information content (AvgIpc) is 2.33. The zero-order chi connectivity index (χ0) is 6.10. The van der Waals surface area contributed by atoms with E-state index < -0.39 is 0 Å². The standard InChI is InChI=1S/C7H4NS.Zn/c1-2-4-7-6(3-1)8-5-9-7;/h1-4H;/q-1;. The molecule has 0 atom stereocenters. The number of aromatic nitrogens is 1. The third-order valence-electron chi connectivity index (χ3n) is 1.19. The molecule has 46 valence electrons. The van der Waals surface area contributed by atoms with Crippen LogP contribution in [0.5, 0.6) is 0 Å². The molecule has 0 amide bonds. The van der Waals surface area contributed by atoms with E-state index in [1.165, 1.54) is 4.70 Å². The number of para-hydroxylation sites is 1. The number of thiazole rings is 1. The maximum absolute atomic E-state index is 4.01. The molecule has 1 aromatic carbocycles. The summed E-state index contributed by atoms with van der Waals surface area (Å²) in [5.74, 6) is 0. The zero-order valence-electron chi connectivity index (χ0n) is 5.37. The molecule has 10 heavy (non-hydrogen) atoms. The summed E-state index contributed by atoms with van der Waals surface area (Å²) < 4.78 is 1.21. The van der Waals surface area contributed by atoms with Crippen LogP contribution in [0.1, 0.15) is 0 Å². The van der Waals surface area contributed by atoms with Gasteiger partial charge in [-0.05, 0) is 5.51 Å². The van der Waals surface area contributed by atoms with E-state index >= 15 is 0 Å². The normalized spacial score (nSPS) is 9.20. The number of hydrogen-bond donors (Lipinski definition) is 0. The van der Waals surface area contributed by atoms with Crippen molar-refractivity contribution in [3.05, 3.63) is 29.8 Å². The summed E-state index contributed by atoms with van der Waals surface area (Å²) >= 11 is 1.55. The number of rotatable bonds is 0. The van der Waals surface area contributed by atoms with Gasteiger partial charge in [0.15, 0.2) is 0 Å².